The molecule has 1 fully saturated rings. The molecule has 4 rings (SSSR count). The lowest BCUT2D eigenvalue weighted by molar-refractivity contribution is -0.133. The smallest absolute Gasteiger partial charge is 0.223 e. The summed E-state index contributed by atoms with van der Waals surface area (Å²) < 4.78 is 2.30. The Morgan fingerprint density at radius 2 is 1.73 bits per heavy atom. The first-order chi connectivity index (χ1) is 14.6. The molecule has 1 unspecified atom stereocenters. The minimum Gasteiger partial charge on any atom is -0.347 e. The summed E-state index contributed by atoms with van der Waals surface area (Å²) in [5, 5.41) is 1.26. The summed E-state index contributed by atoms with van der Waals surface area (Å²) in [6, 6.07) is 17.2. The van der Waals surface area contributed by atoms with Crippen LogP contribution in [0.5, 0.6) is 0 Å². The molecule has 2 heterocycles. The van der Waals surface area contributed by atoms with E-state index < -0.39 is 0 Å². The number of fused-ring (bicyclic) bond motifs is 1. The second kappa shape index (κ2) is 9.05. The molecule has 0 N–H and O–H groups in total. The van der Waals surface area contributed by atoms with Crippen LogP contribution in [0.25, 0.3) is 10.9 Å². The minimum absolute atomic E-state index is 0.0688. The molecule has 0 spiro atoms. The van der Waals surface area contributed by atoms with E-state index in [4.69, 9.17) is 0 Å². The molecule has 158 valence electrons. The molecule has 0 aliphatic carbocycles. The van der Waals surface area contributed by atoms with E-state index in [9.17, 15) is 4.79 Å². The lowest BCUT2D eigenvalue weighted by Crippen LogP contribution is -2.48. The van der Waals surface area contributed by atoms with E-state index in [1.807, 2.05) is 0 Å². The van der Waals surface area contributed by atoms with E-state index in [0.717, 1.165) is 39.3 Å². The minimum atomic E-state index is 0.0688. The zero-order valence-corrected chi connectivity index (χ0v) is 18.5. The zero-order chi connectivity index (χ0) is 21.1. The number of rotatable bonds is 6. The predicted molar refractivity (Wildman–Crippen MR) is 124 cm³/mol. The van der Waals surface area contributed by atoms with Crippen molar-refractivity contribution >= 4 is 16.8 Å². The number of nitrogens with zero attached hydrogens (tertiary/aromatic N) is 3. The van der Waals surface area contributed by atoms with Crippen molar-refractivity contribution < 1.29 is 4.79 Å². The zero-order valence-electron chi connectivity index (χ0n) is 18.5. The summed E-state index contributed by atoms with van der Waals surface area (Å²) in [5.74, 6) is 0.338. The van der Waals surface area contributed by atoms with Gasteiger partial charge in [-0.25, -0.2) is 0 Å². The number of amides is 1. The summed E-state index contributed by atoms with van der Waals surface area (Å²) >= 11 is 0. The summed E-state index contributed by atoms with van der Waals surface area (Å²) in [6.07, 6.45) is 2.78. The Balaban J connectivity index is 1.69. The SMILES string of the molecule is CCN1CCN(C(=O)CC(c2cccc(C)c2)c2cn(CC)c3ccccc23)CC1. The van der Waals surface area contributed by atoms with Gasteiger partial charge in [-0.1, -0.05) is 55.0 Å². The van der Waals surface area contributed by atoms with Gasteiger partial charge in [0.1, 0.15) is 0 Å². The highest BCUT2D eigenvalue weighted by molar-refractivity contribution is 5.86. The Bertz CT molecular complexity index is 1010. The van der Waals surface area contributed by atoms with Crippen LogP contribution in [-0.2, 0) is 11.3 Å². The second-order valence-electron chi connectivity index (χ2n) is 8.37. The van der Waals surface area contributed by atoms with Gasteiger partial charge in [0.25, 0.3) is 0 Å². The summed E-state index contributed by atoms with van der Waals surface area (Å²) in [7, 11) is 0. The first kappa shape index (κ1) is 20.7. The summed E-state index contributed by atoms with van der Waals surface area (Å²) in [6.45, 7) is 12.1. The molecule has 4 nitrogen and oxygen atoms in total. The van der Waals surface area contributed by atoms with Crippen molar-refractivity contribution in [3.63, 3.8) is 0 Å². The lowest BCUT2D eigenvalue weighted by Gasteiger charge is -2.35. The molecule has 0 saturated carbocycles. The molecule has 30 heavy (non-hydrogen) atoms. The molecule has 1 atom stereocenters. The van der Waals surface area contributed by atoms with Crippen molar-refractivity contribution in [2.24, 2.45) is 0 Å². The van der Waals surface area contributed by atoms with Crippen molar-refractivity contribution in [2.75, 3.05) is 32.7 Å². The van der Waals surface area contributed by atoms with Gasteiger partial charge >= 0.3 is 0 Å². The van der Waals surface area contributed by atoms with Gasteiger partial charge in [-0.3, -0.25) is 4.79 Å². The third-order valence-corrected chi connectivity index (χ3v) is 6.53. The molecule has 4 heteroatoms. The molecule has 0 bridgehead atoms. The average Bonchev–Trinajstić information content (AvgIpc) is 3.16. The van der Waals surface area contributed by atoms with E-state index in [-0.39, 0.29) is 11.8 Å². The molecule has 3 aromatic rings. The van der Waals surface area contributed by atoms with Crippen LogP contribution in [-0.4, -0.2) is 53.0 Å². The highest BCUT2D eigenvalue weighted by Crippen LogP contribution is 2.35. The van der Waals surface area contributed by atoms with Gasteiger partial charge in [0.05, 0.1) is 0 Å². The molecule has 0 radical (unpaired) electrons. The molecule has 2 aromatic carbocycles. The lowest BCUT2D eigenvalue weighted by atomic mass is 9.87. The fourth-order valence-electron chi connectivity index (χ4n) is 4.73. The van der Waals surface area contributed by atoms with Crippen LogP contribution in [0.15, 0.2) is 54.7 Å². The number of aromatic nitrogens is 1. The number of carbonyl (C=O) groups is 1. The molecule has 1 saturated heterocycles. The first-order valence-corrected chi connectivity index (χ1v) is 11.2. The molecular formula is C26H33N3O. The highest BCUT2D eigenvalue weighted by atomic mass is 16.2. The van der Waals surface area contributed by atoms with Crippen molar-refractivity contribution in [1.29, 1.82) is 0 Å². The van der Waals surface area contributed by atoms with Crippen molar-refractivity contribution in [3.05, 3.63) is 71.4 Å². The number of likely N-dealkylation sites (N-methyl/N-ethyl adjacent to an activating group) is 1. The van der Waals surface area contributed by atoms with Crippen LogP contribution in [0.1, 0.15) is 42.9 Å². The highest BCUT2D eigenvalue weighted by Gasteiger charge is 2.27. The second-order valence-corrected chi connectivity index (χ2v) is 8.37. The van der Waals surface area contributed by atoms with Crippen molar-refractivity contribution in [2.45, 2.75) is 39.7 Å². The van der Waals surface area contributed by atoms with Gasteiger partial charge < -0.3 is 14.4 Å². The maximum absolute atomic E-state index is 13.3. The number of benzene rings is 2. The monoisotopic (exact) mass is 403 g/mol. The van der Waals surface area contributed by atoms with Crippen LogP contribution in [0.2, 0.25) is 0 Å². The Labute approximate surface area is 180 Å². The van der Waals surface area contributed by atoms with Gasteiger partial charge in [-0.2, -0.15) is 0 Å². The summed E-state index contributed by atoms with van der Waals surface area (Å²) in [5.41, 5.74) is 4.98. The van der Waals surface area contributed by atoms with Crippen molar-refractivity contribution in [1.82, 2.24) is 14.4 Å². The number of aryl methyl sites for hydroxylation is 2. The van der Waals surface area contributed by atoms with E-state index in [0.29, 0.717) is 6.42 Å². The quantitative estimate of drug-likeness (QED) is 0.599. The van der Waals surface area contributed by atoms with Gasteiger partial charge in [-0.05, 0) is 37.6 Å². The number of hydrogen-bond acceptors (Lipinski definition) is 2. The molecule has 1 amide bonds. The van der Waals surface area contributed by atoms with Gasteiger partial charge in [0.2, 0.25) is 5.91 Å². The number of para-hydroxylation sites is 1. The number of hydrogen-bond donors (Lipinski definition) is 0. The van der Waals surface area contributed by atoms with E-state index in [1.54, 1.807) is 0 Å². The fraction of sp³-hybridized carbons (Fsp3) is 0.423. The average molecular weight is 404 g/mol. The standard InChI is InChI=1S/C26H33N3O/c1-4-27-13-15-29(16-14-27)26(30)18-23(21-10-8-9-20(3)17-21)24-19-28(5-2)25-12-7-6-11-22(24)25/h6-12,17,19,23H,4-5,13-16,18H2,1-3H3. The third-order valence-electron chi connectivity index (χ3n) is 6.53. The molecule has 1 aliphatic heterocycles. The Morgan fingerprint density at radius 1 is 0.967 bits per heavy atom. The van der Waals surface area contributed by atoms with Gasteiger partial charge in [-0.15, -0.1) is 0 Å². The predicted octanol–water partition coefficient (Wildman–Crippen LogP) is 4.66. The maximum Gasteiger partial charge on any atom is 0.223 e. The molecule has 1 aliphatic rings. The van der Waals surface area contributed by atoms with Gasteiger partial charge in [0.15, 0.2) is 0 Å². The van der Waals surface area contributed by atoms with Crippen LogP contribution < -0.4 is 0 Å². The normalized spacial score (nSPS) is 16.2. The van der Waals surface area contributed by atoms with E-state index in [1.165, 1.54) is 27.6 Å². The molecular weight excluding hydrogens is 370 g/mol. The Kier molecular flexibility index (Phi) is 6.24. The van der Waals surface area contributed by atoms with E-state index in [2.05, 4.69) is 89.9 Å². The van der Waals surface area contributed by atoms with Crippen LogP contribution >= 0.6 is 0 Å². The maximum atomic E-state index is 13.3. The van der Waals surface area contributed by atoms with Crippen LogP contribution in [0, 0.1) is 6.92 Å². The number of carbonyl (C=O) groups excluding carboxylic acids is 1. The van der Waals surface area contributed by atoms with E-state index >= 15 is 0 Å². The molecule has 1 aromatic heterocycles. The fourth-order valence-corrected chi connectivity index (χ4v) is 4.73. The summed E-state index contributed by atoms with van der Waals surface area (Å²) in [4.78, 5) is 17.8. The Hall–Kier alpha value is -2.59. The van der Waals surface area contributed by atoms with Crippen molar-refractivity contribution in [3.8, 4) is 0 Å². The topological polar surface area (TPSA) is 28.5 Å². The first-order valence-electron chi connectivity index (χ1n) is 11.2. The van der Waals surface area contributed by atoms with Crippen LogP contribution in [0.3, 0.4) is 0 Å². The third kappa shape index (κ3) is 4.15. The van der Waals surface area contributed by atoms with Crippen LogP contribution in [0.4, 0.5) is 0 Å². The van der Waals surface area contributed by atoms with Gasteiger partial charge in [0, 0.05) is 62.2 Å². The largest absolute Gasteiger partial charge is 0.347 e. The Morgan fingerprint density at radius 3 is 2.43 bits per heavy atom. The number of piperazine rings is 1.